The quantitative estimate of drug-likeness (QED) is 0.399. The second-order valence-corrected chi connectivity index (χ2v) is 9.83. The molecule has 0 saturated carbocycles. The van der Waals surface area contributed by atoms with E-state index in [0.29, 0.717) is 29.0 Å². The molecule has 1 saturated heterocycles. The first-order chi connectivity index (χ1) is 16.6. The highest BCUT2D eigenvalue weighted by molar-refractivity contribution is 6.31. The number of alkyl carbamates (subject to hydrolysis) is 1. The third kappa shape index (κ3) is 7.34. The van der Waals surface area contributed by atoms with Crippen molar-refractivity contribution >= 4 is 41.2 Å². The van der Waals surface area contributed by atoms with Crippen LogP contribution < -0.4 is 21.4 Å². The first kappa shape index (κ1) is 26.3. The Kier molecular flexibility index (Phi) is 8.58. The van der Waals surface area contributed by atoms with E-state index in [1.54, 1.807) is 30.6 Å². The molecule has 35 heavy (non-hydrogen) atoms. The lowest BCUT2D eigenvalue weighted by Crippen LogP contribution is -2.40. The van der Waals surface area contributed by atoms with Gasteiger partial charge in [0.05, 0.1) is 16.9 Å². The summed E-state index contributed by atoms with van der Waals surface area (Å²) in [5.41, 5.74) is 1.18. The van der Waals surface area contributed by atoms with Crippen LogP contribution in [0.1, 0.15) is 33.6 Å². The third-order valence-electron chi connectivity index (χ3n) is 5.56. The fraction of sp³-hybridized carbons (Fsp3) is 0.400. The molecule has 0 bridgehead atoms. The van der Waals surface area contributed by atoms with E-state index in [9.17, 15) is 9.59 Å². The molecular weight excluding hydrogens is 468 g/mol. The van der Waals surface area contributed by atoms with Crippen LogP contribution in [-0.4, -0.2) is 48.5 Å². The molecule has 2 aliphatic rings. The molecule has 10 heteroatoms. The summed E-state index contributed by atoms with van der Waals surface area (Å²) in [7, 11) is 0. The molecule has 0 radical (unpaired) electrons. The summed E-state index contributed by atoms with van der Waals surface area (Å²) < 4.78 is 5.31. The van der Waals surface area contributed by atoms with Crippen molar-refractivity contribution in [2.75, 3.05) is 29.9 Å². The SMILES string of the molecule is C=C/C(C(=O)Nc1cc(Cl)ccc1N1CCC(CNC(=O)OC(C)(C)C)CC1)=C1/N=CC=CN1N. The largest absolute Gasteiger partial charge is 0.444 e. The zero-order chi connectivity index (χ0) is 25.6. The van der Waals surface area contributed by atoms with Crippen LogP contribution in [0.15, 0.2) is 59.5 Å². The van der Waals surface area contributed by atoms with Crippen molar-refractivity contribution in [3.8, 4) is 0 Å². The van der Waals surface area contributed by atoms with Gasteiger partial charge in [0.15, 0.2) is 5.82 Å². The van der Waals surface area contributed by atoms with E-state index in [1.807, 2.05) is 26.8 Å². The van der Waals surface area contributed by atoms with Gasteiger partial charge in [-0.2, -0.15) is 0 Å². The van der Waals surface area contributed by atoms with Crippen LogP contribution in [0.4, 0.5) is 16.2 Å². The number of anilines is 2. The summed E-state index contributed by atoms with van der Waals surface area (Å²) in [6.07, 6.45) is 7.63. The Hall–Kier alpha value is -3.30. The number of piperidine rings is 1. The molecule has 0 atom stereocenters. The zero-order valence-corrected chi connectivity index (χ0v) is 21.1. The molecule has 2 amide bonds. The number of benzene rings is 1. The number of nitrogens with one attached hydrogen (secondary N) is 2. The summed E-state index contributed by atoms with van der Waals surface area (Å²) in [5.74, 6) is 6.17. The third-order valence-corrected chi connectivity index (χ3v) is 5.79. The lowest BCUT2D eigenvalue weighted by atomic mass is 9.96. The summed E-state index contributed by atoms with van der Waals surface area (Å²) in [5, 5.41) is 7.58. The van der Waals surface area contributed by atoms with Gasteiger partial charge in [-0.1, -0.05) is 24.3 Å². The van der Waals surface area contributed by atoms with Crippen molar-refractivity contribution in [2.24, 2.45) is 16.8 Å². The molecule has 0 unspecified atom stereocenters. The second-order valence-electron chi connectivity index (χ2n) is 9.40. The van der Waals surface area contributed by atoms with Crippen molar-refractivity contribution in [2.45, 2.75) is 39.2 Å². The lowest BCUT2D eigenvalue weighted by molar-refractivity contribution is -0.112. The van der Waals surface area contributed by atoms with Gasteiger partial charge >= 0.3 is 6.09 Å². The molecule has 2 aliphatic heterocycles. The Morgan fingerprint density at radius 1 is 1.31 bits per heavy atom. The molecule has 188 valence electrons. The van der Waals surface area contributed by atoms with Gasteiger partial charge in [-0.05, 0) is 63.8 Å². The summed E-state index contributed by atoms with van der Waals surface area (Å²) in [6.45, 7) is 11.4. The summed E-state index contributed by atoms with van der Waals surface area (Å²) in [4.78, 5) is 31.4. The van der Waals surface area contributed by atoms with E-state index in [4.69, 9.17) is 22.2 Å². The van der Waals surface area contributed by atoms with Crippen LogP contribution >= 0.6 is 11.6 Å². The van der Waals surface area contributed by atoms with Gasteiger partial charge in [0.25, 0.3) is 5.91 Å². The van der Waals surface area contributed by atoms with Crippen molar-refractivity contribution < 1.29 is 14.3 Å². The molecule has 4 N–H and O–H groups in total. The van der Waals surface area contributed by atoms with Crippen molar-refractivity contribution in [3.63, 3.8) is 0 Å². The van der Waals surface area contributed by atoms with Crippen LogP contribution in [0.3, 0.4) is 0 Å². The highest BCUT2D eigenvalue weighted by Crippen LogP contribution is 2.33. The molecule has 9 nitrogen and oxygen atoms in total. The Labute approximate surface area is 211 Å². The van der Waals surface area contributed by atoms with Gasteiger partial charge in [-0.3, -0.25) is 9.80 Å². The Bertz CT molecular complexity index is 1050. The number of rotatable bonds is 6. The summed E-state index contributed by atoms with van der Waals surface area (Å²) in [6, 6.07) is 5.42. The zero-order valence-electron chi connectivity index (χ0n) is 20.4. The Morgan fingerprint density at radius 2 is 2.03 bits per heavy atom. The van der Waals surface area contributed by atoms with Crippen LogP contribution in [0, 0.1) is 5.92 Å². The predicted molar refractivity (Wildman–Crippen MR) is 140 cm³/mol. The standard InChI is InChI=1S/C25H33ClN6O3/c1-5-19(22-28-11-6-12-32(22)27)23(33)30-20-15-18(26)7-8-21(20)31-13-9-17(10-14-31)16-29-24(34)35-25(2,3)4/h5-8,11-12,15,17H,1,9-10,13-14,16,27H2,2-4H3,(H,29,34)(H,30,33)/b22-19+. The number of carbonyl (C=O) groups is 2. The summed E-state index contributed by atoms with van der Waals surface area (Å²) >= 11 is 6.25. The number of hydrazine groups is 1. The van der Waals surface area contributed by atoms with Gasteiger partial charge in [-0.15, -0.1) is 0 Å². The molecule has 1 aromatic carbocycles. The first-order valence-electron chi connectivity index (χ1n) is 11.5. The smallest absolute Gasteiger partial charge is 0.407 e. The minimum atomic E-state index is -0.521. The van der Waals surface area contributed by atoms with Crippen LogP contribution in [-0.2, 0) is 9.53 Å². The number of nitrogens with two attached hydrogens (primary N) is 1. The minimum Gasteiger partial charge on any atom is -0.444 e. The highest BCUT2D eigenvalue weighted by Gasteiger charge is 2.24. The molecule has 0 aromatic heterocycles. The number of hydrogen-bond acceptors (Lipinski definition) is 7. The topological polar surface area (TPSA) is 112 Å². The number of nitrogens with zero attached hydrogens (tertiary/aromatic N) is 3. The molecule has 0 aliphatic carbocycles. The van der Waals surface area contributed by atoms with Gasteiger partial charge in [-0.25, -0.2) is 15.6 Å². The highest BCUT2D eigenvalue weighted by atomic mass is 35.5. The Balaban J connectivity index is 1.66. The molecule has 2 heterocycles. The maximum absolute atomic E-state index is 13.1. The van der Waals surface area contributed by atoms with Crippen molar-refractivity contribution in [3.05, 3.63) is 59.5 Å². The molecule has 1 fully saturated rings. The fourth-order valence-electron chi connectivity index (χ4n) is 3.87. The molecule has 1 aromatic rings. The number of hydrogen-bond donors (Lipinski definition) is 3. The van der Waals surface area contributed by atoms with E-state index in [1.165, 1.54) is 11.1 Å². The second kappa shape index (κ2) is 11.4. The minimum absolute atomic E-state index is 0.242. The van der Waals surface area contributed by atoms with Crippen molar-refractivity contribution in [1.82, 2.24) is 10.3 Å². The maximum Gasteiger partial charge on any atom is 0.407 e. The lowest BCUT2D eigenvalue weighted by Gasteiger charge is -2.35. The van der Waals surface area contributed by atoms with Crippen LogP contribution in [0.25, 0.3) is 0 Å². The van der Waals surface area contributed by atoms with Crippen molar-refractivity contribution in [1.29, 1.82) is 0 Å². The average molecular weight is 501 g/mol. The monoisotopic (exact) mass is 500 g/mol. The van der Waals surface area contributed by atoms with E-state index in [2.05, 4.69) is 27.1 Å². The molecule has 3 rings (SSSR count). The number of allylic oxidation sites excluding steroid dienone is 1. The van der Waals surface area contributed by atoms with Gasteiger partial charge in [0.1, 0.15) is 5.60 Å². The van der Waals surface area contributed by atoms with Gasteiger partial charge in [0, 0.05) is 37.1 Å². The number of carbonyl (C=O) groups excluding carboxylic acids is 2. The van der Waals surface area contributed by atoms with E-state index < -0.39 is 17.6 Å². The normalized spacial score (nSPS) is 17.7. The number of ether oxygens (including phenoxy) is 1. The number of amides is 2. The maximum atomic E-state index is 13.1. The molecular formula is C25H33ClN6O3. The van der Waals surface area contributed by atoms with Gasteiger partial charge in [0.2, 0.25) is 0 Å². The van der Waals surface area contributed by atoms with Gasteiger partial charge < -0.3 is 20.3 Å². The molecule has 0 spiro atoms. The van der Waals surface area contributed by atoms with Crippen LogP contribution in [0.2, 0.25) is 5.02 Å². The number of halogens is 1. The van der Waals surface area contributed by atoms with E-state index in [0.717, 1.165) is 31.6 Å². The van der Waals surface area contributed by atoms with Crippen LogP contribution in [0.5, 0.6) is 0 Å². The average Bonchev–Trinajstić information content (AvgIpc) is 2.79. The Morgan fingerprint density at radius 3 is 2.66 bits per heavy atom. The van der Waals surface area contributed by atoms with E-state index >= 15 is 0 Å². The van der Waals surface area contributed by atoms with E-state index in [-0.39, 0.29) is 5.57 Å². The predicted octanol–water partition coefficient (Wildman–Crippen LogP) is 4.19. The fourth-order valence-corrected chi connectivity index (χ4v) is 4.04. The number of aliphatic imine (C=N–C) groups is 1. The first-order valence-corrected chi connectivity index (χ1v) is 11.9.